The summed E-state index contributed by atoms with van der Waals surface area (Å²) >= 11 is 0. The average molecular weight is 232 g/mol. The molecule has 0 saturated heterocycles. The molecule has 0 saturated carbocycles. The first-order valence-corrected chi connectivity index (χ1v) is 6.57. The number of nitrogens with zero attached hydrogens (tertiary/aromatic N) is 1. The predicted octanol–water partition coefficient (Wildman–Crippen LogP) is -0.0873. The van der Waals surface area contributed by atoms with Gasteiger partial charge in [-0.05, 0) is 6.92 Å². The molecule has 1 unspecified atom stereocenters. The van der Waals surface area contributed by atoms with Crippen LogP contribution in [0.15, 0.2) is 0 Å². The van der Waals surface area contributed by atoms with Crippen molar-refractivity contribution in [1.29, 1.82) is 0 Å². The lowest BCUT2D eigenvalue weighted by molar-refractivity contribution is -0.0121. The quantitative estimate of drug-likeness (QED) is 0.522. The molecule has 0 aliphatic rings. The van der Waals surface area contributed by atoms with Crippen molar-refractivity contribution in [2.45, 2.75) is 6.92 Å². The first kappa shape index (κ1) is 13.0. The van der Waals surface area contributed by atoms with E-state index >= 15 is 0 Å². The van der Waals surface area contributed by atoms with E-state index in [0.29, 0.717) is 0 Å². The van der Waals surface area contributed by atoms with E-state index in [0.717, 1.165) is 5.06 Å². The summed E-state index contributed by atoms with van der Waals surface area (Å²) in [5.41, 5.74) is 4.97. The summed E-state index contributed by atoms with van der Waals surface area (Å²) in [5.74, 6) is -0.315. The standard InChI is InChI=1S/C4H13N2O5PS/c1-4-13(8,9)11-12(5,7)10-6(2)3/h4H2,1-3H3,(H2,5,7). The predicted molar refractivity (Wildman–Crippen MR) is 47.1 cm³/mol. The normalized spacial score (nSPS) is 17.3. The minimum atomic E-state index is -4.05. The van der Waals surface area contributed by atoms with Gasteiger partial charge in [0, 0.05) is 14.1 Å². The Morgan fingerprint density at radius 2 is 1.92 bits per heavy atom. The highest BCUT2D eigenvalue weighted by Crippen LogP contribution is 2.41. The Morgan fingerprint density at radius 3 is 2.23 bits per heavy atom. The summed E-state index contributed by atoms with van der Waals surface area (Å²) in [5, 5.41) is 1.01. The van der Waals surface area contributed by atoms with Crippen molar-refractivity contribution >= 4 is 17.9 Å². The minimum Gasteiger partial charge on any atom is -0.238 e. The molecule has 0 aromatic rings. The van der Waals surface area contributed by atoms with Crippen LogP contribution in [-0.4, -0.2) is 33.3 Å². The van der Waals surface area contributed by atoms with Gasteiger partial charge in [-0.1, -0.05) is 0 Å². The fraction of sp³-hybridized carbons (Fsp3) is 1.00. The lowest BCUT2D eigenvalue weighted by Gasteiger charge is -2.15. The summed E-state index contributed by atoms with van der Waals surface area (Å²) in [6.07, 6.45) is 0. The summed E-state index contributed by atoms with van der Waals surface area (Å²) in [6.45, 7) is 1.34. The molecule has 0 rings (SSSR count). The van der Waals surface area contributed by atoms with Crippen LogP contribution < -0.4 is 5.50 Å². The molecule has 2 N–H and O–H groups in total. The molecule has 0 fully saturated rings. The third kappa shape index (κ3) is 6.14. The Balaban J connectivity index is 4.44. The molecule has 0 amide bonds. The third-order valence-electron chi connectivity index (χ3n) is 0.848. The molecule has 0 aromatic heterocycles. The van der Waals surface area contributed by atoms with E-state index in [4.69, 9.17) is 5.50 Å². The maximum Gasteiger partial charge on any atom is 0.434 e. The van der Waals surface area contributed by atoms with Crippen molar-refractivity contribution in [1.82, 2.24) is 5.06 Å². The van der Waals surface area contributed by atoms with Gasteiger partial charge in [0.1, 0.15) is 0 Å². The summed E-state index contributed by atoms with van der Waals surface area (Å²) in [4.78, 5) is 0. The van der Waals surface area contributed by atoms with E-state index in [1.807, 2.05) is 0 Å². The van der Waals surface area contributed by atoms with Crippen molar-refractivity contribution < 1.29 is 21.6 Å². The van der Waals surface area contributed by atoms with Gasteiger partial charge in [0.05, 0.1) is 5.75 Å². The zero-order chi connectivity index (χ0) is 10.7. The molecule has 0 spiro atoms. The second kappa shape index (κ2) is 4.50. The van der Waals surface area contributed by atoms with Crippen LogP contribution >= 0.6 is 7.75 Å². The van der Waals surface area contributed by atoms with E-state index in [1.54, 1.807) is 0 Å². The smallest absolute Gasteiger partial charge is 0.238 e. The number of hydroxylamine groups is 2. The zero-order valence-corrected chi connectivity index (χ0v) is 9.34. The fourth-order valence-electron chi connectivity index (χ4n) is 0.452. The maximum absolute atomic E-state index is 11.1. The molecule has 0 aromatic carbocycles. The summed E-state index contributed by atoms with van der Waals surface area (Å²) in [7, 11) is -5.10. The Labute approximate surface area is 77.5 Å². The van der Waals surface area contributed by atoms with Gasteiger partial charge >= 0.3 is 7.75 Å². The van der Waals surface area contributed by atoms with Crippen molar-refractivity contribution in [3.8, 4) is 0 Å². The Bertz CT molecular complexity index is 300. The van der Waals surface area contributed by atoms with Gasteiger partial charge in [0.25, 0.3) is 10.1 Å². The van der Waals surface area contributed by atoms with Crippen molar-refractivity contribution in [3.63, 3.8) is 0 Å². The molecule has 80 valence electrons. The second-order valence-corrected chi connectivity index (χ2v) is 5.89. The van der Waals surface area contributed by atoms with Gasteiger partial charge in [0.2, 0.25) is 0 Å². The Hall–Kier alpha value is 0.0200. The van der Waals surface area contributed by atoms with Crippen LogP contribution in [0.4, 0.5) is 0 Å². The number of hydrogen-bond acceptors (Lipinski definition) is 6. The molecule has 0 aliphatic heterocycles. The van der Waals surface area contributed by atoms with Gasteiger partial charge < -0.3 is 0 Å². The van der Waals surface area contributed by atoms with Gasteiger partial charge in [-0.15, -0.1) is 0 Å². The topological polar surface area (TPSA) is 98.9 Å². The molecule has 0 radical (unpaired) electrons. The SMILES string of the molecule is CCS(=O)(=O)OP(N)(=O)ON(C)C. The molecule has 13 heavy (non-hydrogen) atoms. The second-order valence-electron chi connectivity index (χ2n) is 2.35. The average Bonchev–Trinajstić information content (AvgIpc) is 1.81. The number of rotatable bonds is 5. The van der Waals surface area contributed by atoms with Gasteiger partial charge in [0.15, 0.2) is 0 Å². The lowest BCUT2D eigenvalue weighted by atomic mass is 11.0. The fourth-order valence-corrected chi connectivity index (χ4v) is 2.70. The molecule has 0 heterocycles. The number of nitrogens with two attached hydrogens (primary N) is 1. The molecule has 7 nitrogen and oxygen atoms in total. The molecule has 1 atom stereocenters. The highest BCUT2D eigenvalue weighted by molar-refractivity contribution is 7.90. The first-order valence-electron chi connectivity index (χ1n) is 3.38. The highest BCUT2D eigenvalue weighted by atomic mass is 32.2. The Morgan fingerprint density at radius 1 is 1.46 bits per heavy atom. The molecular weight excluding hydrogens is 219 g/mol. The Kier molecular flexibility index (Phi) is 4.50. The van der Waals surface area contributed by atoms with E-state index in [1.165, 1.54) is 21.0 Å². The van der Waals surface area contributed by atoms with Crippen LogP contribution in [0.5, 0.6) is 0 Å². The van der Waals surface area contributed by atoms with Crippen LogP contribution in [0.3, 0.4) is 0 Å². The monoisotopic (exact) mass is 232 g/mol. The van der Waals surface area contributed by atoms with Crippen LogP contribution in [0.25, 0.3) is 0 Å². The minimum absolute atomic E-state index is 0.315. The summed E-state index contributed by atoms with van der Waals surface area (Å²) < 4.78 is 41.3. The zero-order valence-electron chi connectivity index (χ0n) is 7.63. The molecule has 0 bridgehead atoms. The molecule has 0 aliphatic carbocycles. The van der Waals surface area contributed by atoms with Crippen LogP contribution in [0.1, 0.15) is 6.92 Å². The van der Waals surface area contributed by atoms with Crippen LogP contribution in [0, 0.1) is 0 Å². The van der Waals surface area contributed by atoms with Gasteiger partial charge in [-0.3, -0.25) is 0 Å². The first-order chi connectivity index (χ1) is 5.68. The largest absolute Gasteiger partial charge is 0.434 e. The summed E-state index contributed by atoms with van der Waals surface area (Å²) in [6, 6.07) is 0. The molecular formula is C4H13N2O5PS. The van der Waals surface area contributed by atoms with E-state index in [-0.39, 0.29) is 5.75 Å². The van der Waals surface area contributed by atoms with Crippen molar-refractivity contribution in [3.05, 3.63) is 0 Å². The lowest BCUT2D eigenvalue weighted by Crippen LogP contribution is -2.18. The van der Waals surface area contributed by atoms with Crippen LogP contribution in [-0.2, 0) is 23.3 Å². The van der Waals surface area contributed by atoms with Crippen molar-refractivity contribution in [2.75, 3.05) is 19.8 Å². The van der Waals surface area contributed by atoms with E-state index in [2.05, 4.69) is 8.59 Å². The maximum atomic E-state index is 11.1. The third-order valence-corrected chi connectivity index (χ3v) is 3.85. The van der Waals surface area contributed by atoms with Gasteiger partial charge in [-0.25, -0.2) is 14.7 Å². The van der Waals surface area contributed by atoms with Gasteiger partial charge in [-0.2, -0.15) is 17.5 Å². The number of hydrogen-bond donors (Lipinski definition) is 1. The van der Waals surface area contributed by atoms with E-state index < -0.39 is 17.9 Å². The van der Waals surface area contributed by atoms with Crippen LogP contribution in [0.2, 0.25) is 0 Å². The molecule has 9 heteroatoms. The highest BCUT2D eigenvalue weighted by Gasteiger charge is 2.27. The van der Waals surface area contributed by atoms with Crippen molar-refractivity contribution in [2.24, 2.45) is 5.50 Å². The van der Waals surface area contributed by atoms with E-state index in [9.17, 15) is 13.0 Å².